The van der Waals surface area contributed by atoms with Crippen LogP contribution in [0.1, 0.15) is 28.7 Å². The number of halogens is 1. The normalized spacial score (nSPS) is 12.2. The zero-order valence-electron chi connectivity index (χ0n) is 11.2. The molecule has 1 aromatic carbocycles. The molecule has 0 aliphatic rings. The van der Waals surface area contributed by atoms with Gasteiger partial charge in [0.15, 0.2) is 5.82 Å². The lowest BCUT2D eigenvalue weighted by atomic mass is 9.98. The Labute approximate surface area is 121 Å². The second-order valence-corrected chi connectivity index (χ2v) is 5.00. The predicted octanol–water partition coefficient (Wildman–Crippen LogP) is 2.55. The predicted molar refractivity (Wildman–Crippen MR) is 74.8 cm³/mol. The van der Waals surface area contributed by atoms with Crippen molar-refractivity contribution in [2.75, 3.05) is 0 Å². The number of benzene rings is 1. The molecule has 20 heavy (non-hydrogen) atoms. The van der Waals surface area contributed by atoms with Crippen molar-refractivity contribution in [3.8, 4) is 0 Å². The summed E-state index contributed by atoms with van der Waals surface area (Å²) in [6.07, 6.45) is 0.302. The van der Waals surface area contributed by atoms with Crippen molar-refractivity contribution in [3.05, 3.63) is 52.1 Å². The van der Waals surface area contributed by atoms with E-state index in [9.17, 15) is 9.90 Å². The third kappa shape index (κ3) is 3.30. The Hall–Kier alpha value is -2.01. The largest absolute Gasteiger partial charge is 0.481 e. The van der Waals surface area contributed by atoms with Crippen LogP contribution in [0.5, 0.6) is 0 Å². The lowest BCUT2D eigenvalue weighted by molar-refractivity contribution is -0.139. The van der Waals surface area contributed by atoms with Crippen LogP contribution in [-0.2, 0) is 11.2 Å². The molecule has 0 aliphatic heterocycles. The average molecular weight is 292 g/mol. The van der Waals surface area contributed by atoms with Gasteiger partial charge in [0.05, 0.1) is 11.4 Å². The van der Waals surface area contributed by atoms with Crippen LogP contribution in [0.4, 0.5) is 0 Å². The summed E-state index contributed by atoms with van der Waals surface area (Å²) in [6, 6.07) is 7.06. The quantitative estimate of drug-likeness (QED) is 0.937. The molecule has 0 amide bonds. The third-order valence-corrected chi connectivity index (χ3v) is 3.32. The molecule has 1 atom stereocenters. The highest BCUT2D eigenvalue weighted by Gasteiger charge is 2.24. The number of nitrogens with zero attached hydrogens (tertiary/aromatic N) is 3. The Morgan fingerprint density at radius 2 is 1.85 bits per heavy atom. The highest BCUT2D eigenvalue weighted by Crippen LogP contribution is 2.20. The molecule has 6 heteroatoms. The summed E-state index contributed by atoms with van der Waals surface area (Å²) in [4.78, 5) is 15.7. The standard InChI is InChI=1S/C14H14ClN3O2/c1-8-9(2)17-18-13(16-8)12(14(19)20)7-10-3-5-11(15)6-4-10/h3-6,12H,7H2,1-2H3,(H,19,20). The first-order valence-electron chi connectivity index (χ1n) is 6.12. The maximum absolute atomic E-state index is 11.4. The van der Waals surface area contributed by atoms with Crippen molar-refractivity contribution in [2.45, 2.75) is 26.2 Å². The fourth-order valence-electron chi connectivity index (χ4n) is 1.77. The van der Waals surface area contributed by atoms with E-state index in [0.717, 1.165) is 5.56 Å². The molecule has 0 radical (unpaired) electrons. The summed E-state index contributed by atoms with van der Waals surface area (Å²) in [5.41, 5.74) is 2.25. The minimum absolute atomic E-state index is 0.232. The fourth-order valence-corrected chi connectivity index (χ4v) is 1.89. The van der Waals surface area contributed by atoms with E-state index in [1.165, 1.54) is 0 Å². The fraction of sp³-hybridized carbons (Fsp3) is 0.286. The van der Waals surface area contributed by atoms with Crippen LogP contribution in [-0.4, -0.2) is 26.3 Å². The van der Waals surface area contributed by atoms with E-state index in [1.54, 1.807) is 38.1 Å². The molecule has 1 heterocycles. The summed E-state index contributed by atoms with van der Waals surface area (Å²) in [7, 11) is 0. The summed E-state index contributed by atoms with van der Waals surface area (Å²) in [6.45, 7) is 3.57. The Morgan fingerprint density at radius 1 is 1.20 bits per heavy atom. The average Bonchev–Trinajstić information content (AvgIpc) is 2.41. The number of aliphatic carboxylic acids is 1. The second kappa shape index (κ2) is 5.96. The van der Waals surface area contributed by atoms with Crippen molar-refractivity contribution in [2.24, 2.45) is 0 Å². The third-order valence-electron chi connectivity index (χ3n) is 3.07. The highest BCUT2D eigenvalue weighted by atomic mass is 35.5. The summed E-state index contributed by atoms with van der Waals surface area (Å²) < 4.78 is 0. The molecule has 5 nitrogen and oxygen atoms in total. The van der Waals surface area contributed by atoms with Crippen molar-refractivity contribution < 1.29 is 9.90 Å². The number of hydrogen-bond acceptors (Lipinski definition) is 4. The van der Waals surface area contributed by atoms with E-state index in [-0.39, 0.29) is 5.82 Å². The maximum atomic E-state index is 11.4. The van der Waals surface area contributed by atoms with Gasteiger partial charge in [-0.05, 0) is 38.0 Å². The molecule has 0 bridgehead atoms. The van der Waals surface area contributed by atoms with Gasteiger partial charge in [-0.1, -0.05) is 23.7 Å². The highest BCUT2D eigenvalue weighted by molar-refractivity contribution is 6.30. The van der Waals surface area contributed by atoms with Gasteiger partial charge in [0, 0.05) is 5.02 Å². The molecule has 104 valence electrons. The Bertz CT molecular complexity index is 629. The summed E-state index contributed by atoms with van der Waals surface area (Å²) in [5, 5.41) is 17.8. The number of carbonyl (C=O) groups is 1. The van der Waals surface area contributed by atoms with Crippen LogP contribution in [0.25, 0.3) is 0 Å². The van der Waals surface area contributed by atoms with Gasteiger partial charge in [-0.15, -0.1) is 5.10 Å². The van der Waals surface area contributed by atoms with Gasteiger partial charge in [0.1, 0.15) is 5.92 Å². The van der Waals surface area contributed by atoms with E-state index in [0.29, 0.717) is 22.8 Å². The van der Waals surface area contributed by atoms with E-state index in [1.807, 2.05) is 0 Å². The number of rotatable bonds is 4. The molecule has 1 N–H and O–H groups in total. The van der Waals surface area contributed by atoms with Crippen LogP contribution in [0.15, 0.2) is 24.3 Å². The zero-order valence-corrected chi connectivity index (χ0v) is 11.9. The van der Waals surface area contributed by atoms with Crippen LogP contribution >= 0.6 is 11.6 Å². The Morgan fingerprint density at radius 3 is 2.40 bits per heavy atom. The number of hydrogen-bond donors (Lipinski definition) is 1. The molecular formula is C14H14ClN3O2. The van der Waals surface area contributed by atoms with E-state index < -0.39 is 11.9 Å². The molecule has 2 aromatic rings. The van der Waals surface area contributed by atoms with Crippen LogP contribution in [0.2, 0.25) is 5.02 Å². The van der Waals surface area contributed by atoms with E-state index in [2.05, 4.69) is 15.2 Å². The number of aromatic nitrogens is 3. The smallest absolute Gasteiger partial charge is 0.314 e. The molecule has 0 saturated carbocycles. The van der Waals surface area contributed by atoms with Gasteiger partial charge < -0.3 is 5.11 Å². The first kappa shape index (κ1) is 14.4. The van der Waals surface area contributed by atoms with Gasteiger partial charge in [0.25, 0.3) is 0 Å². The molecule has 0 aliphatic carbocycles. The lowest BCUT2D eigenvalue weighted by Gasteiger charge is -2.11. The van der Waals surface area contributed by atoms with Gasteiger partial charge in [-0.25, -0.2) is 4.98 Å². The monoisotopic (exact) mass is 291 g/mol. The molecule has 0 fully saturated rings. The molecule has 1 aromatic heterocycles. The minimum Gasteiger partial charge on any atom is -0.481 e. The Balaban J connectivity index is 2.29. The summed E-state index contributed by atoms with van der Waals surface area (Å²) >= 11 is 5.81. The molecule has 0 saturated heterocycles. The number of aryl methyl sites for hydroxylation is 2. The van der Waals surface area contributed by atoms with Gasteiger partial charge in [-0.3, -0.25) is 4.79 Å². The topological polar surface area (TPSA) is 76.0 Å². The van der Waals surface area contributed by atoms with Crippen LogP contribution in [0.3, 0.4) is 0 Å². The first-order valence-corrected chi connectivity index (χ1v) is 6.50. The van der Waals surface area contributed by atoms with E-state index in [4.69, 9.17) is 11.6 Å². The van der Waals surface area contributed by atoms with E-state index >= 15 is 0 Å². The second-order valence-electron chi connectivity index (χ2n) is 4.56. The lowest BCUT2D eigenvalue weighted by Crippen LogP contribution is -2.19. The number of carboxylic acids is 1. The van der Waals surface area contributed by atoms with Crippen LogP contribution < -0.4 is 0 Å². The van der Waals surface area contributed by atoms with Crippen molar-refractivity contribution in [1.29, 1.82) is 0 Å². The minimum atomic E-state index is -0.968. The first-order chi connectivity index (χ1) is 9.47. The van der Waals surface area contributed by atoms with Crippen molar-refractivity contribution in [1.82, 2.24) is 15.2 Å². The van der Waals surface area contributed by atoms with Gasteiger partial charge in [-0.2, -0.15) is 5.10 Å². The molecule has 2 rings (SSSR count). The zero-order chi connectivity index (χ0) is 14.7. The Kier molecular flexibility index (Phi) is 4.29. The van der Waals surface area contributed by atoms with Crippen molar-refractivity contribution >= 4 is 17.6 Å². The molecular weight excluding hydrogens is 278 g/mol. The molecule has 1 unspecified atom stereocenters. The number of carboxylic acid groups (broad SMARTS) is 1. The summed E-state index contributed by atoms with van der Waals surface area (Å²) in [5.74, 6) is -1.55. The van der Waals surface area contributed by atoms with Gasteiger partial charge in [0.2, 0.25) is 0 Å². The van der Waals surface area contributed by atoms with Crippen molar-refractivity contribution in [3.63, 3.8) is 0 Å². The maximum Gasteiger partial charge on any atom is 0.314 e. The van der Waals surface area contributed by atoms with Crippen LogP contribution in [0, 0.1) is 13.8 Å². The van der Waals surface area contributed by atoms with Gasteiger partial charge >= 0.3 is 5.97 Å². The molecule has 0 spiro atoms. The SMILES string of the molecule is Cc1nnc(C(Cc2ccc(Cl)cc2)C(=O)O)nc1C.